The van der Waals surface area contributed by atoms with Crippen molar-refractivity contribution in [3.8, 4) is 11.5 Å². The van der Waals surface area contributed by atoms with Crippen molar-refractivity contribution in [2.24, 2.45) is 0 Å². The molecule has 0 spiro atoms. The van der Waals surface area contributed by atoms with Crippen LogP contribution < -0.4 is 11.2 Å². The number of carbonyl (C=O) groups excluding carboxylic acids is 2. The first-order valence-electron chi connectivity index (χ1n) is 10.5. The first-order chi connectivity index (χ1) is 15.0. The van der Waals surface area contributed by atoms with Gasteiger partial charge in [0.25, 0.3) is 5.56 Å². The maximum absolute atomic E-state index is 12.4. The summed E-state index contributed by atoms with van der Waals surface area (Å²) in [6.07, 6.45) is -0.647. The molecule has 176 valence electrons. The smallest absolute Gasteiger partial charge is 0.330 e. The fraction of sp³-hybridized carbons (Fsp3) is 0.619. The SMILES string of the molecule is CC[Si](C#C[C@]1(COC(C)=O)O[C@@H](n2cc(Cl)c(=O)[nH]c2=O)C[C@@H]1OC(C)=O)(CC)CC. The molecule has 11 heteroatoms. The van der Waals surface area contributed by atoms with Gasteiger partial charge >= 0.3 is 17.6 Å². The number of esters is 2. The van der Waals surface area contributed by atoms with E-state index in [0.29, 0.717) is 0 Å². The van der Waals surface area contributed by atoms with Crippen LogP contribution in [-0.4, -0.2) is 47.9 Å². The number of hydrogen-bond acceptors (Lipinski definition) is 7. The van der Waals surface area contributed by atoms with E-state index in [2.05, 4.69) is 37.2 Å². The number of H-pyrrole nitrogens is 1. The Bertz CT molecular complexity index is 1030. The van der Waals surface area contributed by atoms with Crippen LogP contribution in [0.2, 0.25) is 23.2 Å². The molecule has 0 bridgehead atoms. The lowest BCUT2D eigenvalue weighted by molar-refractivity contribution is -0.164. The van der Waals surface area contributed by atoms with Crippen LogP contribution in [-0.2, 0) is 23.8 Å². The molecule has 0 aromatic carbocycles. The summed E-state index contributed by atoms with van der Waals surface area (Å²) < 4.78 is 18.1. The minimum Gasteiger partial charge on any atom is -0.462 e. The Hall–Kier alpha value is -2.35. The molecule has 0 saturated carbocycles. The van der Waals surface area contributed by atoms with Crippen LogP contribution in [0.15, 0.2) is 15.8 Å². The van der Waals surface area contributed by atoms with Crippen LogP contribution in [0.3, 0.4) is 0 Å². The normalized spacial score (nSPS) is 22.7. The van der Waals surface area contributed by atoms with E-state index >= 15 is 0 Å². The zero-order valence-corrected chi connectivity index (χ0v) is 20.7. The molecule has 9 nitrogen and oxygen atoms in total. The van der Waals surface area contributed by atoms with Gasteiger partial charge in [0.05, 0.1) is 0 Å². The second-order valence-corrected chi connectivity index (χ2v) is 13.1. The van der Waals surface area contributed by atoms with Crippen LogP contribution >= 0.6 is 11.6 Å². The Morgan fingerprint density at radius 3 is 2.41 bits per heavy atom. The van der Waals surface area contributed by atoms with Gasteiger partial charge in [-0.1, -0.05) is 38.3 Å². The number of carbonyl (C=O) groups is 2. The molecule has 0 unspecified atom stereocenters. The van der Waals surface area contributed by atoms with Crippen LogP contribution in [0.4, 0.5) is 0 Å². The summed E-state index contributed by atoms with van der Waals surface area (Å²) in [6.45, 7) is 8.51. The van der Waals surface area contributed by atoms with Gasteiger partial charge in [-0.25, -0.2) is 4.79 Å². The Labute approximate surface area is 192 Å². The van der Waals surface area contributed by atoms with Crippen LogP contribution in [0.25, 0.3) is 0 Å². The average Bonchev–Trinajstić information content (AvgIpc) is 3.08. The number of halogens is 1. The lowest BCUT2D eigenvalue weighted by atomic mass is 9.98. The van der Waals surface area contributed by atoms with Crippen LogP contribution in [0.1, 0.15) is 47.3 Å². The van der Waals surface area contributed by atoms with E-state index in [-0.39, 0.29) is 18.1 Å². The Morgan fingerprint density at radius 1 is 1.25 bits per heavy atom. The van der Waals surface area contributed by atoms with Gasteiger partial charge in [0.15, 0.2) is 0 Å². The summed E-state index contributed by atoms with van der Waals surface area (Å²) in [4.78, 5) is 49.6. The van der Waals surface area contributed by atoms with Crippen molar-refractivity contribution in [1.82, 2.24) is 9.55 Å². The van der Waals surface area contributed by atoms with E-state index in [1.165, 1.54) is 13.8 Å². The molecule has 1 aliphatic heterocycles. The Kier molecular flexibility index (Phi) is 8.51. The van der Waals surface area contributed by atoms with Crippen LogP contribution in [0, 0.1) is 11.5 Å². The molecule has 1 aliphatic rings. The average molecular weight is 485 g/mol. The molecular formula is C21H29ClN2O7Si. The topological polar surface area (TPSA) is 117 Å². The maximum atomic E-state index is 12.4. The van der Waals surface area contributed by atoms with Crippen molar-refractivity contribution >= 4 is 31.6 Å². The van der Waals surface area contributed by atoms with E-state index in [1.807, 2.05) is 0 Å². The molecule has 1 N–H and O–H groups in total. The lowest BCUT2D eigenvalue weighted by Gasteiger charge is -2.29. The third-order valence-corrected chi connectivity index (χ3v) is 10.9. The fourth-order valence-electron chi connectivity index (χ4n) is 3.66. The molecule has 2 heterocycles. The van der Waals surface area contributed by atoms with Crippen molar-refractivity contribution in [2.45, 2.75) is 77.1 Å². The zero-order chi connectivity index (χ0) is 24.1. The monoisotopic (exact) mass is 484 g/mol. The third-order valence-electron chi connectivity index (χ3n) is 5.88. The van der Waals surface area contributed by atoms with Crippen molar-refractivity contribution in [1.29, 1.82) is 0 Å². The van der Waals surface area contributed by atoms with E-state index < -0.39 is 49.2 Å². The predicted molar refractivity (Wildman–Crippen MR) is 121 cm³/mol. The summed E-state index contributed by atoms with van der Waals surface area (Å²) in [6, 6.07) is 2.77. The maximum Gasteiger partial charge on any atom is 0.330 e. The number of aromatic amines is 1. The molecule has 32 heavy (non-hydrogen) atoms. The van der Waals surface area contributed by atoms with Gasteiger partial charge in [-0.2, -0.15) is 0 Å². The van der Waals surface area contributed by atoms with Gasteiger partial charge in [-0.3, -0.25) is 23.9 Å². The molecule has 0 radical (unpaired) electrons. The predicted octanol–water partition coefficient (Wildman–Crippen LogP) is 2.39. The lowest BCUT2D eigenvalue weighted by Crippen LogP contribution is -2.46. The van der Waals surface area contributed by atoms with Crippen molar-refractivity contribution in [3.63, 3.8) is 0 Å². The zero-order valence-electron chi connectivity index (χ0n) is 19.0. The molecule has 1 fully saturated rings. The van der Waals surface area contributed by atoms with Crippen molar-refractivity contribution in [3.05, 3.63) is 32.1 Å². The first-order valence-corrected chi connectivity index (χ1v) is 13.5. The molecule has 1 aromatic heterocycles. The van der Waals surface area contributed by atoms with Gasteiger partial charge < -0.3 is 14.2 Å². The summed E-state index contributed by atoms with van der Waals surface area (Å²) >= 11 is 5.90. The first kappa shape index (κ1) is 25.9. The number of aromatic nitrogens is 2. The molecule has 1 aromatic rings. The Morgan fingerprint density at radius 2 is 1.88 bits per heavy atom. The van der Waals surface area contributed by atoms with E-state index in [4.69, 9.17) is 25.8 Å². The highest BCUT2D eigenvalue weighted by atomic mass is 35.5. The van der Waals surface area contributed by atoms with Gasteiger partial charge in [-0.05, 0) is 18.1 Å². The number of rotatable bonds is 7. The summed E-state index contributed by atoms with van der Waals surface area (Å²) in [5.74, 6) is 2.05. The minimum atomic E-state index is -1.95. The molecule has 1 saturated heterocycles. The number of nitrogens with one attached hydrogen (secondary N) is 1. The van der Waals surface area contributed by atoms with Gasteiger partial charge in [0, 0.05) is 26.5 Å². The standard InChI is InChI=1S/C21H29ClN2O7Si/c1-6-32(7-2,8-3)10-9-21(13-29-14(4)25)17(30-15(5)26)11-18(31-21)24-12-16(22)19(27)23-20(24)28/h12,17-18H,6-8,11,13H2,1-5H3,(H,23,27,28)/t17-,18+,21+/m0/s1. The van der Waals surface area contributed by atoms with Crippen LogP contribution in [0.5, 0.6) is 0 Å². The van der Waals surface area contributed by atoms with E-state index in [1.54, 1.807) is 0 Å². The summed E-state index contributed by atoms with van der Waals surface area (Å²) in [5, 5.41) is -0.199. The van der Waals surface area contributed by atoms with Crippen molar-refractivity contribution < 1.29 is 23.8 Å². The summed E-state index contributed by atoms with van der Waals surface area (Å²) in [5.41, 5.74) is 0.480. The largest absolute Gasteiger partial charge is 0.462 e. The molecule has 2 rings (SSSR count). The number of hydrogen-bond donors (Lipinski definition) is 1. The number of nitrogens with zero attached hydrogens (tertiary/aromatic N) is 1. The van der Waals surface area contributed by atoms with Gasteiger partial charge in [-0.15, -0.1) is 5.54 Å². The molecule has 0 aliphatic carbocycles. The van der Waals surface area contributed by atoms with Crippen molar-refractivity contribution in [2.75, 3.05) is 6.61 Å². The third kappa shape index (κ3) is 5.71. The second-order valence-electron chi connectivity index (χ2n) is 7.81. The highest BCUT2D eigenvalue weighted by Gasteiger charge is 2.52. The highest BCUT2D eigenvalue weighted by Crippen LogP contribution is 2.39. The van der Waals surface area contributed by atoms with E-state index in [9.17, 15) is 19.2 Å². The van der Waals surface area contributed by atoms with E-state index in [0.717, 1.165) is 28.9 Å². The summed E-state index contributed by atoms with van der Waals surface area (Å²) in [7, 11) is -1.95. The second kappa shape index (κ2) is 10.5. The van der Waals surface area contributed by atoms with Gasteiger partial charge in [0.1, 0.15) is 32.0 Å². The quantitative estimate of drug-likeness (QED) is 0.358. The van der Waals surface area contributed by atoms with Gasteiger partial charge in [0.2, 0.25) is 5.60 Å². The molecule has 3 atom stereocenters. The number of ether oxygens (including phenoxy) is 3. The highest BCUT2D eigenvalue weighted by molar-refractivity contribution is 6.87. The molecular weight excluding hydrogens is 456 g/mol. The minimum absolute atomic E-state index is 0.0523. The fourth-order valence-corrected chi connectivity index (χ4v) is 6.32. The molecule has 0 amide bonds. The Balaban J connectivity index is 2.61.